The molecule has 1 aromatic rings. The van der Waals surface area contributed by atoms with Crippen molar-refractivity contribution in [3.63, 3.8) is 0 Å². The summed E-state index contributed by atoms with van der Waals surface area (Å²) in [6.07, 6.45) is 1.58. The SMILES string of the molecule is [C-]#N.[CH-]=Cc1ccccc1.[Cu+].[Li+]. The average molecular weight is 200 g/mol. The first kappa shape index (κ1) is 17.6. The van der Waals surface area contributed by atoms with E-state index in [0.717, 1.165) is 5.56 Å². The van der Waals surface area contributed by atoms with Gasteiger partial charge in [0.05, 0.1) is 0 Å². The second-order valence-electron chi connectivity index (χ2n) is 1.58. The van der Waals surface area contributed by atoms with Gasteiger partial charge in [-0.3, -0.25) is 6.58 Å². The molecule has 0 N–H and O–H groups in total. The van der Waals surface area contributed by atoms with E-state index >= 15 is 0 Å². The molecule has 1 aromatic carbocycles. The van der Waals surface area contributed by atoms with Crippen molar-refractivity contribution in [1.82, 2.24) is 0 Å². The Kier molecular flexibility index (Phi) is 19.3. The van der Waals surface area contributed by atoms with Crippen molar-refractivity contribution < 1.29 is 35.9 Å². The van der Waals surface area contributed by atoms with Crippen molar-refractivity contribution in [2.75, 3.05) is 0 Å². The van der Waals surface area contributed by atoms with Crippen LogP contribution in [0.25, 0.3) is 6.08 Å². The molecule has 0 saturated heterocycles. The zero-order valence-corrected chi connectivity index (χ0v) is 7.73. The van der Waals surface area contributed by atoms with E-state index in [0.29, 0.717) is 0 Å². The minimum Gasteiger partial charge on any atom is -0.512 e. The molecular weight excluding hydrogens is 193 g/mol. The number of nitrogens with zero attached hydrogens (tertiary/aromatic N) is 1. The molecule has 0 fully saturated rings. The van der Waals surface area contributed by atoms with Crippen molar-refractivity contribution >= 4 is 6.08 Å². The predicted molar refractivity (Wildman–Crippen MR) is 40.2 cm³/mol. The fourth-order valence-electron chi connectivity index (χ4n) is 0.564. The van der Waals surface area contributed by atoms with Gasteiger partial charge in [-0.15, -0.1) is 12.1 Å². The quantitative estimate of drug-likeness (QED) is 0.431. The summed E-state index contributed by atoms with van der Waals surface area (Å²) in [5.74, 6) is 0. The Morgan fingerprint density at radius 3 is 1.83 bits per heavy atom. The van der Waals surface area contributed by atoms with Crippen LogP contribution in [0.4, 0.5) is 0 Å². The summed E-state index contributed by atoms with van der Waals surface area (Å²) in [4.78, 5) is 0. The normalized spacial score (nSPS) is 5.83. The van der Waals surface area contributed by atoms with Crippen molar-refractivity contribution in [1.29, 1.82) is 5.26 Å². The molecule has 0 bridgehead atoms. The van der Waals surface area contributed by atoms with E-state index in [1.54, 1.807) is 6.08 Å². The molecule has 0 unspecified atom stereocenters. The fourth-order valence-corrected chi connectivity index (χ4v) is 0.564. The van der Waals surface area contributed by atoms with Crippen molar-refractivity contribution in [2.45, 2.75) is 0 Å². The molecule has 60 valence electrons. The van der Waals surface area contributed by atoms with Crippen molar-refractivity contribution in [3.05, 3.63) is 49.0 Å². The number of hydrogen-bond donors (Lipinski definition) is 0. The summed E-state index contributed by atoms with van der Waals surface area (Å²) in [5.41, 5.74) is 1.06. The van der Waals surface area contributed by atoms with Gasteiger partial charge in [-0.1, -0.05) is 18.2 Å². The van der Waals surface area contributed by atoms with Crippen LogP contribution in [0.5, 0.6) is 0 Å². The van der Waals surface area contributed by atoms with E-state index in [4.69, 9.17) is 18.4 Å². The predicted octanol–water partition coefficient (Wildman–Crippen LogP) is -0.769. The Morgan fingerprint density at radius 1 is 1.17 bits per heavy atom. The third kappa shape index (κ3) is 7.67. The molecular formula is C9H7CuLiN. The van der Waals surface area contributed by atoms with Gasteiger partial charge >= 0.3 is 35.9 Å². The summed E-state index contributed by atoms with van der Waals surface area (Å²) in [7, 11) is 0. The molecule has 0 atom stereocenters. The minimum atomic E-state index is 0. The van der Waals surface area contributed by atoms with Gasteiger partial charge in [0, 0.05) is 0 Å². The number of hydrogen-bond acceptors (Lipinski definition) is 1. The van der Waals surface area contributed by atoms with E-state index in [1.165, 1.54) is 0 Å². The molecule has 12 heavy (non-hydrogen) atoms. The molecule has 3 heteroatoms. The van der Waals surface area contributed by atoms with Crippen LogP contribution in [0.15, 0.2) is 30.3 Å². The molecule has 0 aliphatic heterocycles. The van der Waals surface area contributed by atoms with E-state index in [2.05, 4.69) is 0 Å². The Morgan fingerprint density at radius 2 is 1.58 bits per heavy atom. The molecule has 1 nitrogen and oxygen atoms in total. The first-order valence-corrected chi connectivity index (χ1v) is 2.76. The first-order chi connectivity index (χ1) is 4.93. The van der Waals surface area contributed by atoms with Gasteiger partial charge in [-0.2, -0.15) is 5.56 Å². The second-order valence-corrected chi connectivity index (χ2v) is 1.58. The molecule has 1 rings (SSSR count). The van der Waals surface area contributed by atoms with Gasteiger partial charge in [0.15, 0.2) is 0 Å². The Bertz CT molecular complexity index is 208. The van der Waals surface area contributed by atoms with Gasteiger partial charge in [0.2, 0.25) is 0 Å². The van der Waals surface area contributed by atoms with E-state index in [1.807, 2.05) is 30.3 Å². The minimum absolute atomic E-state index is 0. The van der Waals surface area contributed by atoms with Gasteiger partial charge in [0.25, 0.3) is 0 Å². The standard InChI is InChI=1S/C8H7.CN.Cu.Li/c1-2-8-6-4-3-5-7-8;1-2;;/h1-7H;;;/q2*-1;2*+1. The molecule has 0 aliphatic rings. The van der Waals surface area contributed by atoms with Crippen LogP contribution in [0.1, 0.15) is 5.56 Å². The smallest absolute Gasteiger partial charge is 0.512 e. The largest absolute Gasteiger partial charge is 1.00 e. The zero-order chi connectivity index (χ0) is 7.82. The maximum Gasteiger partial charge on any atom is 1.00 e. The van der Waals surface area contributed by atoms with E-state index in [9.17, 15) is 0 Å². The third-order valence-corrected chi connectivity index (χ3v) is 0.992. The van der Waals surface area contributed by atoms with E-state index in [-0.39, 0.29) is 35.9 Å². The van der Waals surface area contributed by atoms with Crippen LogP contribution >= 0.6 is 0 Å². The Hall–Kier alpha value is -0.433. The number of rotatable bonds is 1. The summed E-state index contributed by atoms with van der Waals surface area (Å²) < 4.78 is 0. The fraction of sp³-hybridized carbons (Fsp3) is 0. The molecule has 0 saturated carbocycles. The van der Waals surface area contributed by atoms with Gasteiger partial charge < -0.3 is 11.8 Å². The summed E-state index contributed by atoms with van der Waals surface area (Å²) in [5, 5.41) is 6.25. The average Bonchev–Trinajstić information content (AvgIpc) is 2.10. The number of benzene rings is 1. The third-order valence-electron chi connectivity index (χ3n) is 0.992. The molecule has 0 amide bonds. The first-order valence-electron chi connectivity index (χ1n) is 2.76. The summed E-state index contributed by atoms with van der Waals surface area (Å²) >= 11 is 0. The van der Waals surface area contributed by atoms with Gasteiger partial charge in [0.1, 0.15) is 0 Å². The Labute approximate surface area is 96.1 Å². The van der Waals surface area contributed by atoms with Gasteiger partial charge in [-0.05, 0) is 0 Å². The topological polar surface area (TPSA) is 23.8 Å². The van der Waals surface area contributed by atoms with Crippen LogP contribution in [-0.4, -0.2) is 0 Å². The van der Waals surface area contributed by atoms with Crippen LogP contribution < -0.4 is 18.9 Å². The maximum absolute atomic E-state index is 6.25. The summed E-state index contributed by atoms with van der Waals surface area (Å²) in [6, 6.07) is 9.80. The van der Waals surface area contributed by atoms with Crippen molar-refractivity contribution in [2.24, 2.45) is 0 Å². The van der Waals surface area contributed by atoms with Crippen LogP contribution in [0.3, 0.4) is 0 Å². The van der Waals surface area contributed by atoms with Crippen LogP contribution in [-0.2, 0) is 17.1 Å². The molecule has 0 aromatic heterocycles. The van der Waals surface area contributed by atoms with Crippen LogP contribution in [0.2, 0.25) is 0 Å². The molecule has 0 spiro atoms. The van der Waals surface area contributed by atoms with E-state index < -0.39 is 0 Å². The molecule has 0 aliphatic carbocycles. The Balaban J connectivity index is -0.000000189. The zero-order valence-electron chi connectivity index (χ0n) is 6.79. The monoisotopic (exact) mass is 199 g/mol. The van der Waals surface area contributed by atoms with Crippen molar-refractivity contribution in [3.8, 4) is 0 Å². The second kappa shape index (κ2) is 13.2. The van der Waals surface area contributed by atoms with Crippen LogP contribution in [0, 0.1) is 18.4 Å². The molecule has 0 heterocycles. The summed E-state index contributed by atoms with van der Waals surface area (Å²) in [6.45, 7) is 9.97. The van der Waals surface area contributed by atoms with Gasteiger partial charge in [-0.25, -0.2) is 6.08 Å². The maximum atomic E-state index is 6.25. The molecule has 0 radical (unpaired) electrons.